The molecule has 0 aromatic carbocycles. The summed E-state index contributed by atoms with van der Waals surface area (Å²) in [5, 5.41) is 9.40. The van der Waals surface area contributed by atoms with E-state index in [2.05, 4.69) is 15.0 Å². The lowest BCUT2D eigenvalue weighted by Crippen LogP contribution is -2.33. The first-order valence-electron chi connectivity index (χ1n) is 6.31. The van der Waals surface area contributed by atoms with E-state index in [1.165, 1.54) is 18.0 Å². The molecule has 0 aliphatic heterocycles. The molecule has 21 heavy (non-hydrogen) atoms. The zero-order valence-corrected chi connectivity index (χ0v) is 13.2. The van der Waals surface area contributed by atoms with Crippen molar-refractivity contribution in [3.63, 3.8) is 0 Å². The molecule has 0 aliphatic rings. The number of nitriles is 1. The van der Waals surface area contributed by atoms with Crippen LogP contribution in [0.15, 0.2) is 17.4 Å². The Hall–Kier alpha value is -1.78. The van der Waals surface area contributed by atoms with Crippen molar-refractivity contribution in [3.05, 3.63) is 17.3 Å². The van der Waals surface area contributed by atoms with Crippen LogP contribution in [-0.4, -0.2) is 44.6 Å². The van der Waals surface area contributed by atoms with Crippen molar-refractivity contribution in [1.29, 1.82) is 5.26 Å². The molecule has 1 atom stereocenters. The van der Waals surface area contributed by atoms with Crippen LogP contribution in [0.1, 0.15) is 13.3 Å². The number of carbonyl (C=O) groups is 1. The van der Waals surface area contributed by atoms with Gasteiger partial charge in [-0.15, -0.1) is 0 Å². The molecule has 2 aromatic heterocycles. The van der Waals surface area contributed by atoms with Crippen LogP contribution in [0.5, 0.6) is 0 Å². The Morgan fingerprint density at radius 2 is 2.43 bits per heavy atom. The lowest BCUT2D eigenvalue weighted by atomic mass is 10.3. The Labute approximate surface area is 131 Å². The molecule has 0 aliphatic carbocycles. The van der Waals surface area contributed by atoms with E-state index < -0.39 is 0 Å². The molecule has 0 unspecified atom stereocenters. The molecule has 0 radical (unpaired) electrons. The Kier molecular flexibility index (Phi) is 5.04. The molecule has 1 amide bonds. The number of fused-ring (bicyclic) bond motifs is 1. The van der Waals surface area contributed by atoms with Crippen molar-refractivity contribution >= 4 is 40.4 Å². The van der Waals surface area contributed by atoms with E-state index in [-0.39, 0.29) is 11.2 Å². The van der Waals surface area contributed by atoms with E-state index >= 15 is 0 Å². The molecule has 6 nitrogen and oxygen atoms in total. The van der Waals surface area contributed by atoms with Crippen molar-refractivity contribution in [2.24, 2.45) is 0 Å². The molecule has 0 saturated carbocycles. The van der Waals surface area contributed by atoms with Crippen LogP contribution >= 0.6 is 23.4 Å². The average molecular weight is 324 g/mol. The van der Waals surface area contributed by atoms with Gasteiger partial charge in [-0.1, -0.05) is 23.4 Å². The normalized spacial score (nSPS) is 12.1. The van der Waals surface area contributed by atoms with Gasteiger partial charge in [0.2, 0.25) is 5.91 Å². The van der Waals surface area contributed by atoms with E-state index in [4.69, 9.17) is 16.9 Å². The number of nitrogens with zero attached hydrogens (tertiary/aromatic N) is 4. The van der Waals surface area contributed by atoms with Gasteiger partial charge in [-0.25, -0.2) is 9.97 Å². The van der Waals surface area contributed by atoms with Gasteiger partial charge in [-0.3, -0.25) is 4.79 Å². The van der Waals surface area contributed by atoms with Gasteiger partial charge in [0.05, 0.1) is 28.3 Å². The molecular weight excluding hydrogens is 310 g/mol. The third-order valence-electron chi connectivity index (χ3n) is 2.85. The van der Waals surface area contributed by atoms with E-state index in [0.29, 0.717) is 28.8 Å². The SMILES string of the molecule is C[C@@H](Sc1nc2ncc(Cl)cc2[nH]1)C(=O)N(C)CCC#N. The first-order chi connectivity index (χ1) is 10.0. The lowest BCUT2D eigenvalue weighted by Gasteiger charge is -2.19. The Balaban J connectivity index is 2.05. The molecular formula is C13H14ClN5OS. The van der Waals surface area contributed by atoms with Crippen LogP contribution in [0.4, 0.5) is 0 Å². The zero-order chi connectivity index (χ0) is 15.4. The summed E-state index contributed by atoms with van der Waals surface area (Å²) in [5.41, 5.74) is 1.31. The number of H-pyrrole nitrogens is 1. The summed E-state index contributed by atoms with van der Waals surface area (Å²) >= 11 is 7.19. The van der Waals surface area contributed by atoms with Crippen molar-refractivity contribution in [2.75, 3.05) is 13.6 Å². The Bertz CT molecular complexity index is 695. The standard InChI is InChI=1S/C13H14ClN5OS/c1-8(12(20)19(2)5-3-4-15)21-13-17-10-6-9(14)7-16-11(10)18-13/h6-8H,3,5H2,1-2H3,(H,16,17,18)/t8-/m1/s1. The van der Waals surface area contributed by atoms with Gasteiger partial charge in [0.1, 0.15) is 0 Å². The topological polar surface area (TPSA) is 85.7 Å². The highest BCUT2D eigenvalue weighted by Gasteiger charge is 2.20. The summed E-state index contributed by atoms with van der Waals surface area (Å²) in [6.45, 7) is 2.24. The number of rotatable bonds is 5. The van der Waals surface area contributed by atoms with Crippen LogP contribution < -0.4 is 0 Å². The first kappa shape index (κ1) is 15.6. The molecule has 0 bridgehead atoms. The fourth-order valence-electron chi connectivity index (χ4n) is 1.76. The van der Waals surface area contributed by atoms with Crippen molar-refractivity contribution in [3.8, 4) is 6.07 Å². The van der Waals surface area contributed by atoms with Crippen LogP contribution in [-0.2, 0) is 4.79 Å². The molecule has 2 heterocycles. The highest BCUT2D eigenvalue weighted by molar-refractivity contribution is 8.00. The predicted octanol–water partition coefficient (Wildman–Crippen LogP) is 2.46. The monoisotopic (exact) mass is 323 g/mol. The van der Waals surface area contributed by atoms with Gasteiger partial charge < -0.3 is 9.88 Å². The second-order valence-corrected chi connectivity index (χ2v) is 6.26. The summed E-state index contributed by atoms with van der Waals surface area (Å²) in [4.78, 5) is 25.2. The molecule has 0 saturated heterocycles. The molecule has 0 spiro atoms. The number of aromatic nitrogens is 3. The number of thioether (sulfide) groups is 1. The molecule has 2 aromatic rings. The number of amides is 1. The van der Waals surface area contributed by atoms with E-state index in [1.54, 1.807) is 18.0 Å². The molecule has 8 heteroatoms. The highest BCUT2D eigenvalue weighted by Crippen LogP contribution is 2.24. The smallest absolute Gasteiger partial charge is 0.235 e. The summed E-state index contributed by atoms with van der Waals surface area (Å²) in [6, 6.07) is 3.77. The fraction of sp³-hybridized carbons (Fsp3) is 0.385. The summed E-state index contributed by atoms with van der Waals surface area (Å²) < 4.78 is 0. The maximum absolute atomic E-state index is 12.1. The molecule has 1 N–H and O–H groups in total. The minimum absolute atomic E-state index is 0.0401. The maximum atomic E-state index is 12.1. The van der Waals surface area contributed by atoms with E-state index in [0.717, 1.165) is 5.52 Å². The summed E-state index contributed by atoms with van der Waals surface area (Å²) in [6.07, 6.45) is 1.86. The van der Waals surface area contributed by atoms with Gasteiger partial charge in [0.15, 0.2) is 10.8 Å². The zero-order valence-electron chi connectivity index (χ0n) is 11.6. The van der Waals surface area contributed by atoms with Gasteiger partial charge in [-0.05, 0) is 13.0 Å². The molecule has 110 valence electrons. The van der Waals surface area contributed by atoms with Crippen LogP contribution in [0.3, 0.4) is 0 Å². The minimum Gasteiger partial charge on any atom is -0.344 e. The van der Waals surface area contributed by atoms with Gasteiger partial charge in [0, 0.05) is 19.8 Å². The van der Waals surface area contributed by atoms with Crippen LogP contribution in [0, 0.1) is 11.3 Å². The van der Waals surface area contributed by atoms with Gasteiger partial charge in [-0.2, -0.15) is 5.26 Å². The summed E-state index contributed by atoms with van der Waals surface area (Å²) in [7, 11) is 1.69. The highest BCUT2D eigenvalue weighted by atomic mass is 35.5. The van der Waals surface area contributed by atoms with Crippen molar-refractivity contribution in [1.82, 2.24) is 19.9 Å². The van der Waals surface area contributed by atoms with Crippen molar-refractivity contribution in [2.45, 2.75) is 23.8 Å². The number of hydrogen-bond donors (Lipinski definition) is 1. The van der Waals surface area contributed by atoms with E-state index in [9.17, 15) is 4.79 Å². The summed E-state index contributed by atoms with van der Waals surface area (Å²) in [5.74, 6) is -0.0401. The number of halogens is 1. The Morgan fingerprint density at radius 1 is 1.67 bits per heavy atom. The molecule has 2 rings (SSSR count). The fourth-order valence-corrected chi connectivity index (χ4v) is 2.85. The predicted molar refractivity (Wildman–Crippen MR) is 82.1 cm³/mol. The number of imidazole rings is 1. The van der Waals surface area contributed by atoms with Gasteiger partial charge in [0.25, 0.3) is 0 Å². The van der Waals surface area contributed by atoms with E-state index in [1.807, 2.05) is 13.0 Å². The second-order valence-electron chi connectivity index (χ2n) is 4.49. The van der Waals surface area contributed by atoms with Crippen molar-refractivity contribution < 1.29 is 4.79 Å². The first-order valence-corrected chi connectivity index (χ1v) is 7.57. The van der Waals surface area contributed by atoms with Gasteiger partial charge >= 0.3 is 0 Å². The third-order valence-corrected chi connectivity index (χ3v) is 4.03. The maximum Gasteiger partial charge on any atom is 0.235 e. The number of hydrogen-bond acceptors (Lipinski definition) is 5. The second kappa shape index (κ2) is 6.78. The van der Waals surface area contributed by atoms with Crippen LogP contribution in [0.25, 0.3) is 11.2 Å². The largest absolute Gasteiger partial charge is 0.344 e. The Morgan fingerprint density at radius 3 is 3.14 bits per heavy atom. The third kappa shape index (κ3) is 3.86. The average Bonchev–Trinajstić information content (AvgIpc) is 2.84. The number of carbonyl (C=O) groups excluding carboxylic acids is 1. The molecule has 0 fully saturated rings. The quantitative estimate of drug-likeness (QED) is 0.854. The number of aromatic amines is 1. The lowest BCUT2D eigenvalue weighted by molar-refractivity contribution is -0.128. The van der Waals surface area contributed by atoms with Crippen LogP contribution in [0.2, 0.25) is 5.02 Å². The number of pyridine rings is 1. The number of nitrogens with one attached hydrogen (secondary N) is 1. The minimum atomic E-state index is -0.301.